The molecule has 3 aromatic rings. The third kappa shape index (κ3) is 2.14. The molecule has 3 nitrogen and oxygen atoms in total. The lowest BCUT2D eigenvalue weighted by Gasteiger charge is -2.08. The Morgan fingerprint density at radius 2 is 2.00 bits per heavy atom. The summed E-state index contributed by atoms with van der Waals surface area (Å²) < 4.78 is 2.48. The van der Waals surface area contributed by atoms with Crippen LogP contribution in [0.1, 0.15) is 5.56 Å². The van der Waals surface area contributed by atoms with Crippen molar-refractivity contribution in [3.05, 3.63) is 63.4 Å². The zero-order valence-electron chi connectivity index (χ0n) is 10.2. The van der Waals surface area contributed by atoms with Crippen molar-refractivity contribution in [1.82, 2.24) is 3.96 Å². The largest absolute Gasteiger partial charge is 0.389 e. The van der Waals surface area contributed by atoms with Gasteiger partial charge in [0, 0.05) is 10.6 Å². The van der Waals surface area contributed by atoms with Gasteiger partial charge in [0.2, 0.25) is 0 Å². The zero-order chi connectivity index (χ0) is 14.3. The molecular weight excluding hydrogens is 312 g/mol. The number of rotatable bonds is 2. The highest BCUT2D eigenvalue weighted by atomic mass is 35.5. The fourth-order valence-electron chi connectivity index (χ4n) is 2.01. The lowest BCUT2D eigenvalue weighted by atomic mass is 10.2. The minimum atomic E-state index is -0.0923. The summed E-state index contributed by atoms with van der Waals surface area (Å²) >= 11 is 12.4. The zero-order valence-corrected chi connectivity index (χ0v) is 12.6. The quantitative estimate of drug-likeness (QED) is 0.737. The Bertz CT molecular complexity index is 882. The molecule has 0 saturated carbocycles. The molecule has 0 fully saturated rings. The summed E-state index contributed by atoms with van der Waals surface area (Å²) in [5.74, 6) is 0. The molecule has 2 N–H and O–H groups in total. The summed E-state index contributed by atoms with van der Waals surface area (Å²) in [4.78, 5) is 12.7. The Balaban J connectivity index is 2.36. The summed E-state index contributed by atoms with van der Waals surface area (Å²) in [6.45, 7) is 0. The molecule has 0 spiro atoms. The average Bonchev–Trinajstić information content (AvgIpc) is 2.76. The van der Waals surface area contributed by atoms with Crippen molar-refractivity contribution in [3.8, 4) is 5.69 Å². The number of benzene rings is 2. The molecule has 6 heteroatoms. The van der Waals surface area contributed by atoms with Gasteiger partial charge in [-0.05, 0) is 30.3 Å². The maximum atomic E-state index is 12.5. The normalized spacial score (nSPS) is 10.8. The molecule has 0 unspecified atom stereocenters. The molecule has 3 rings (SSSR count). The SMILES string of the molecule is NC(=S)c1ccc(Cl)cc1-n1sc2ccccc2c1=O. The first-order valence-electron chi connectivity index (χ1n) is 5.79. The number of nitrogens with zero attached hydrogens (tertiary/aromatic N) is 1. The number of halogens is 1. The predicted octanol–water partition coefficient (Wildman–Crippen LogP) is 3.34. The van der Waals surface area contributed by atoms with E-state index in [2.05, 4.69) is 0 Å². The number of hydrogen-bond acceptors (Lipinski definition) is 3. The van der Waals surface area contributed by atoms with Crippen LogP contribution in [0.3, 0.4) is 0 Å². The van der Waals surface area contributed by atoms with Crippen molar-refractivity contribution in [2.24, 2.45) is 5.73 Å². The number of hydrogen-bond donors (Lipinski definition) is 1. The number of thiocarbonyl (C=S) groups is 1. The molecule has 2 aromatic carbocycles. The maximum absolute atomic E-state index is 12.5. The summed E-state index contributed by atoms with van der Waals surface area (Å²) in [6, 6.07) is 12.6. The summed E-state index contributed by atoms with van der Waals surface area (Å²) in [5, 5.41) is 1.20. The monoisotopic (exact) mass is 320 g/mol. The predicted molar refractivity (Wildman–Crippen MR) is 88.3 cm³/mol. The highest BCUT2D eigenvalue weighted by Crippen LogP contribution is 2.24. The van der Waals surface area contributed by atoms with E-state index in [0.29, 0.717) is 21.7 Å². The lowest BCUT2D eigenvalue weighted by molar-refractivity contribution is 1.14. The van der Waals surface area contributed by atoms with Crippen molar-refractivity contribution < 1.29 is 0 Å². The van der Waals surface area contributed by atoms with Gasteiger partial charge in [-0.15, -0.1) is 0 Å². The third-order valence-electron chi connectivity index (χ3n) is 2.94. The molecule has 0 aliphatic carbocycles. The second-order valence-corrected chi connectivity index (χ2v) is 6.08. The molecule has 0 bridgehead atoms. The summed E-state index contributed by atoms with van der Waals surface area (Å²) in [5.41, 5.74) is 6.89. The van der Waals surface area contributed by atoms with Gasteiger partial charge in [-0.2, -0.15) is 0 Å². The van der Waals surface area contributed by atoms with Crippen molar-refractivity contribution in [2.75, 3.05) is 0 Å². The van der Waals surface area contributed by atoms with E-state index in [1.165, 1.54) is 11.5 Å². The van der Waals surface area contributed by atoms with E-state index in [1.54, 1.807) is 28.2 Å². The van der Waals surface area contributed by atoms with Crippen molar-refractivity contribution >= 4 is 50.4 Å². The van der Waals surface area contributed by atoms with Gasteiger partial charge in [-0.3, -0.25) is 4.79 Å². The number of aromatic nitrogens is 1. The van der Waals surface area contributed by atoms with E-state index < -0.39 is 0 Å². The van der Waals surface area contributed by atoms with Crippen LogP contribution in [-0.4, -0.2) is 8.95 Å². The molecule has 0 amide bonds. The van der Waals surface area contributed by atoms with Crippen molar-refractivity contribution in [3.63, 3.8) is 0 Å². The van der Waals surface area contributed by atoms with Gasteiger partial charge < -0.3 is 5.73 Å². The van der Waals surface area contributed by atoms with Crippen LogP contribution in [-0.2, 0) is 0 Å². The molecule has 0 radical (unpaired) electrons. The Hall–Kier alpha value is -1.69. The Labute approximate surface area is 129 Å². The highest BCUT2D eigenvalue weighted by Gasteiger charge is 2.14. The van der Waals surface area contributed by atoms with Gasteiger partial charge in [0.25, 0.3) is 5.56 Å². The van der Waals surface area contributed by atoms with Gasteiger partial charge in [-0.25, -0.2) is 3.96 Å². The van der Waals surface area contributed by atoms with E-state index >= 15 is 0 Å². The maximum Gasteiger partial charge on any atom is 0.273 e. The first kappa shape index (κ1) is 13.3. The lowest BCUT2D eigenvalue weighted by Crippen LogP contribution is -2.17. The van der Waals surface area contributed by atoms with Gasteiger partial charge in [-0.1, -0.05) is 47.5 Å². The van der Waals surface area contributed by atoms with E-state index in [0.717, 1.165) is 4.70 Å². The molecule has 0 aliphatic heterocycles. The number of nitrogens with two attached hydrogens (primary N) is 1. The third-order valence-corrected chi connectivity index (χ3v) is 4.49. The van der Waals surface area contributed by atoms with Gasteiger partial charge >= 0.3 is 0 Å². The van der Waals surface area contributed by atoms with Crippen LogP contribution in [0.4, 0.5) is 0 Å². The van der Waals surface area contributed by atoms with E-state index in [-0.39, 0.29) is 10.5 Å². The van der Waals surface area contributed by atoms with Gasteiger partial charge in [0.05, 0.1) is 15.8 Å². The summed E-state index contributed by atoms with van der Waals surface area (Å²) in [7, 11) is 0. The second kappa shape index (κ2) is 5.01. The van der Waals surface area contributed by atoms with Crippen LogP contribution in [0.2, 0.25) is 5.02 Å². The molecule has 1 aromatic heterocycles. The molecule has 0 atom stereocenters. The molecule has 1 heterocycles. The van der Waals surface area contributed by atoms with E-state index in [1.807, 2.05) is 18.2 Å². The molecule has 0 aliphatic rings. The molecule has 100 valence electrons. The van der Waals surface area contributed by atoms with Crippen LogP contribution in [0.5, 0.6) is 0 Å². The minimum absolute atomic E-state index is 0.0923. The van der Waals surface area contributed by atoms with Gasteiger partial charge in [0.1, 0.15) is 4.99 Å². The second-order valence-electron chi connectivity index (χ2n) is 4.21. The highest BCUT2D eigenvalue weighted by molar-refractivity contribution is 7.80. The molecule has 0 saturated heterocycles. The Morgan fingerprint density at radius 1 is 1.25 bits per heavy atom. The first-order valence-corrected chi connectivity index (χ1v) is 7.34. The smallest absolute Gasteiger partial charge is 0.273 e. The fraction of sp³-hybridized carbons (Fsp3) is 0. The average molecular weight is 321 g/mol. The summed E-state index contributed by atoms with van der Waals surface area (Å²) in [6.07, 6.45) is 0. The van der Waals surface area contributed by atoms with Crippen molar-refractivity contribution in [1.29, 1.82) is 0 Å². The van der Waals surface area contributed by atoms with Crippen LogP contribution in [0.25, 0.3) is 15.8 Å². The van der Waals surface area contributed by atoms with Crippen molar-refractivity contribution in [2.45, 2.75) is 0 Å². The van der Waals surface area contributed by atoms with E-state index in [9.17, 15) is 4.79 Å². The van der Waals surface area contributed by atoms with Crippen LogP contribution in [0.15, 0.2) is 47.3 Å². The minimum Gasteiger partial charge on any atom is -0.389 e. The Kier molecular flexibility index (Phi) is 3.33. The van der Waals surface area contributed by atoms with Crippen LogP contribution < -0.4 is 11.3 Å². The fourth-order valence-corrected chi connectivity index (χ4v) is 3.37. The molecule has 20 heavy (non-hydrogen) atoms. The first-order chi connectivity index (χ1) is 9.58. The van der Waals surface area contributed by atoms with Crippen LogP contribution >= 0.6 is 35.4 Å². The van der Waals surface area contributed by atoms with E-state index in [4.69, 9.17) is 29.6 Å². The van der Waals surface area contributed by atoms with Crippen LogP contribution in [0, 0.1) is 0 Å². The number of fused-ring (bicyclic) bond motifs is 1. The topological polar surface area (TPSA) is 48.0 Å². The standard InChI is InChI=1S/C14H9ClN2OS2/c15-8-5-6-9(13(16)19)11(7-8)17-14(18)10-3-1-2-4-12(10)20-17/h1-7H,(H2,16,19). The van der Waals surface area contributed by atoms with Gasteiger partial charge in [0.15, 0.2) is 0 Å². The Morgan fingerprint density at radius 3 is 2.70 bits per heavy atom. The molecular formula is C14H9ClN2OS2.